The lowest BCUT2D eigenvalue weighted by Crippen LogP contribution is -2.08. The largest absolute Gasteiger partial charge is 0.268 e. The molecule has 0 spiro atoms. The van der Waals surface area contributed by atoms with Crippen molar-refractivity contribution in [1.29, 1.82) is 0 Å². The van der Waals surface area contributed by atoms with Crippen LogP contribution in [0.2, 0.25) is 0 Å². The summed E-state index contributed by atoms with van der Waals surface area (Å²) >= 11 is 1.62. The standard InChI is InChI=1S/C16H14N2OS/c1-3-10-20-15-7-5-4-6-13(15)8-9-14-12(2)11-16(19)18-17-14/h1,4-9,11H,10H2,2H3,(H,18,19). The van der Waals surface area contributed by atoms with Gasteiger partial charge in [0.05, 0.1) is 11.4 Å². The summed E-state index contributed by atoms with van der Waals surface area (Å²) in [6, 6.07) is 9.56. The predicted octanol–water partition coefficient (Wildman–Crippen LogP) is 2.97. The molecule has 0 fully saturated rings. The van der Waals surface area contributed by atoms with Gasteiger partial charge in [-0.2, -0.15) is 5.10 Å². The molecule has 0 aliphatic carbocycles. The van der Waals surface area contributed by atoms with E-state index < -0.39 is 0 Å². The summed E-state index contributed by atoms with van der Waals surface area (Å²) in [6.07, 6.45) is 9.16. The summed E-state index contributed by atoms with van der Waals surface area (Å²) in [4.78, 5) is 12.3. The van der Waals surface area contributed by atoms with Gasteiger partial charge < -0.3 is 0 Å². The third-order valence-electron chi connectivity index (χ3n) is 2.69. The number of terminal acetylenes is 1. The van der Waals surface area contributed by atoms with Crippen LogP contribution >= 0.6 is 11.8 Å². The van der Waals surface area contributed by atoms with Gasteiger partial charge in [0, 0.05) is 11.0 Å². The summed E-state index contributed by atoms with van der Waals surface area (Å²) < 4.78 is 0. The Morgan fingerprint density at radius 2 is 2.20 bits per heavy atom. The lowest BCUT2D eigenvalue weighted by Gasteiger charge is -2.03. The lowest BCUT2D eigenvalue weighted by molar-refractivity contribution is 0.961. The third kappa shape index (κ3) is 3.62. The smallest absolute Gasteiger partial charge is 0.264 e. The molecule has 2 aromatic rings. The van der Waals surface area contributed by atoms with Gasteiger partial charge in [-0.3, -0.25) is 4.79 Å². The topological polar surface area (TPSA) is 45.8 Å². The van der Waals surface area contributed by atoms with Crippen LogP contribution < -0.4 is 5.56 Å². The van der Waals surface area contributed by atoms with E-state index in [0.717, 1.165) is 21.7 Å². The highest BCUT2D eigenvalue weighted by Crippen LogP contribution is 2.23. The van der Waals surface area contributed by atoms with Crippen molar-refractivity contribution >= 4 is 23.9 Å². The van der Waals surface area contributed by atoms with Gasteiger partial charge in [0.1, 0.15) is 0 Å². The monoisotopic (exact) mass is 282 g/mol. The van der Waals surface area contributed by atoms with Crippen molar-refractivity contribution in [3.63, 3.8) is 0 Å². The fourth-order valence-corrected chi connectivity index (χ4v) is 2.43. The molecular formula is C16H14N2OS. The van der Waals surface area contributed by atoms with Crippen LogP contribution in [0, 0.1) is 19.3 Å². The molecule has 0 saturated carbocycles. The van der Waals surface area contributed by atoms with Gasteiger partial charge in [-0.25, -0.2) is 5.10 Å². The molecule has 20 heavy (non-hydrogen) atoms. The first kappa shape index (κ1) is 14.2. The van der Waals surface area contributed by atoms with Gasteiger partial charge >= 0.3 is 0 Å². The molecule has 2 rings (SSSR count). The van der Waals surface area contributed by atoms with Gasteiger partial charge in [0.15, 0.2) is 0 Å². The summed E-state index contributed by atoms with van der Waals surface area (Å²) in [6.45, 7) is 1.86. The predicted molar refractivity (Wildman–Crippen MR) is 84.5 cm³/mol. The molecule has 1 aromatic heterocycles. The van der Waals surface area contributed by atoms with Gasteiger partial charge in [0.25, 0.3) is 5.56 Å². The van der Waals surface area contributed by atoms with Gasteiger partial charge in [-0.1, -0.05) is 30.2 Å². The highest BCUT2D eigenvalue weighted by atomic mass is 32.2. The van der Waals surface area contributed by atoms with E-state index in [1.165, 1.54) is 6.07 Å². The highest BCUT2D eigenvalue weighted by Gasteiger charge is 2.00. The van der Waals surface area contributed by atoms with E-state index in [-0.39, 0.29) is 5.56 Å². The first-order valence-corrected chi connectivity index (χ1v) is 7.09. The Morgan fingerprint density at radius 1 is 1.40 bits per heavy atom. The number of hydrogen-bond donors (Lipinski definition) is 1. The quantitative estimate of drug-likeness (QED) is 0.692. The summed E-state index contributed by atoms with van der Waals surface area (Å²) in [5.74, 6) is 3.26. The van der Waals surface area contributed by atoms with Crippen LogP contribution in [0.5, 0.6) is 0 Å². The molecule has 0 saturated heterocycles. The van der Waals surface area contributed by atoms with Crippen molar-refractivity contribution in [2.24, 2.45) is 0 Å². The molecule has 4 heteroatoms. The van der Waals surface area contributed by atoms with Gasteiger partial charge in [-0.15, -0.1) is 18.2 Å². The van der Waals surface area contributed by atoms with Crippen molar-refractivity contribution in [3.05, 3.63) is 57.5 Å². The number of rotatable bonds is 4. The first-order chi connectivity index (χ1) is 9.70. The Bertz CT molecular complexity index is 726. The third-order valence-corrected chi connectivity index (χ3v) is 3.68. The summed E-state index contributed by atoms with van der Waals surface area (Å²) in [5.41, 5.74) is 2.49. The Hall–Kier alpha value is -2.25. The number of nitrogens with zero attached hydrogens (tertiary/aromatic N) is 1. The Labute approximate surface area is 122 Å². The molecule has 0 atom stereocenters. The fraction of sp³-hybridized carbons (Fsp3) is 0.125. The van der Waals surface area contributed by atoms with Crippen molar-refractivity contribution in [2.75, 3.05) is 5.75 Å². The van der Waals surface area contributed by atoms with E-state index in [0.29, 0.717) is 5.75 Å². The van der Waals surface area contributed by atoms with Crippen LogP contribution in [0.4, 0.5) is 0 Å². The Morgan fingerprint density at radius 3 is 2.95 bits per heavy atom. The number of benzene rings is 1. The van der Waals surface area contributed by atoms with Crippen LogP contribution in [0.15, 0.2) is 40.0 Å². The van der Waals surface area contributed by atoms with E-state index in [2.05, 4.69) is 16.1 Å². The van der Waals surface area contributed by atoms with Crippen molar-refractivity contribution in [3.8, 4) is 12.3 Å². The number of nitrogens with one attached hydrogen (secondary N) is 1. The normalized spacial score (nSPS) is 10.6. The van der Waals surface area contributed by atoms with E-state index in [4.69, 9.17) is 6.42 Å². The molecule has 0 amide bonds. The molecule has 100 valence electrons. The molecular weight excluding hydrogens is 268 g/mol. The minimum Gasteiger partial charge on any atom is -0.268 e. The number of aromatic amines is 1. The van der Waals surface area contributed by atoms with Crippen LogP contribution in [0.3, 0.4) is 0 Å². The van der Waals surface area contributed by atoms with E-state index >= 15 is 0 Å². The van der Waals surface area contributed by atoms with E-state index in [1.54, 1.807) is 11.8 Å². The number of hydrogen-bond acceptors (Lipinski definition) is 3. The molecule has 0 bridgehead atoms. The first-order valence-electron chi connectivity index (χ1n) is 6.10. The number of thioether (sulfide) groups is 1. The Balaban J connectivity index is 2.27. The molecule has 1 aromatic carbocycles. The zero-order valence-electron chi connectivity index (χ0n) is 11.1. The van der Waals surface area contributed by atoms with Gasteiger partial charge in [-0.05, 0) is 30.2 Å². The number of H-pyrrole nitrogens is 1. The molecule has 0 unspecified atom stereocenters. The average Bonchev–Trinajstić information content (AvgIpc) is 2.45. The summed E-state index contributed by atoms with van der Waals surface area (Å²) in [7, 11) is 0. The maximum absolute atomic E-state index is 11.1. The van der Waals surface area contributed by atoms with Crippen LogP contribution in [0.1, 0.15) is 16.8 Å². The van der Waals surface area contributed by atoms with Crippen molar-refractivity contribution in [1.82, 2.24) is 10.2 Å². The second-order valence-electron chi connectivity index (χ2n) is 4.16. The number of aromatic nitrogens is 2. The molecule has 3 nitrogen and oxygen atoms in total. The van der Waals surface area contributed by atoms with Crippen LogP contribution in [0.25, 0.3) is 12.2 Å². The number of aryl methyl sites for hydroxylation is 1. The van der Waals surface area contributed by atoms with E-state index in [1.807, 2.05) is 43.3 Å². The summed E-state index contributed by atoms with van der Waals surface area (Å²) in [5, 5.41) is 6.46. The molecule has 1 heterocycles. The minimum absolute atomic E-state index is 0.190. The lowest BCUT2D eigenvalue weighted by atomic mass is 10.1. The van der Waals surface area contributed by atoms with Gasteiger partial charge in [0.2, 0.25) is 0 Å². The molecule has 1 N–H and O–H groups in total. The maximum Gasteiger partial charge on any atom is 0.264 e. The average molecular weight is 282 g/mol. The van der Waals surface area contributed by atoms with Crippen molar-refractivity contribution < 1.29 is 0 Å². The molecule has 0 aliphatic heterocycles. The zero-order chi connectivity index (χ0) is 14.4. The van der Waals surface area contributed by atoms with E-state index in [9.17, 15) is 4.79 Å². The van der Waals surface area contributed by atoms with Crippen molar-refractivity contribution in [2.45, 2.75) is 11.8 Å². The fourth-order valence-electron chi connectivity index (χ4n) is 1.71. The minimum atomic E-state index is -0.190. The highest BCUT2D eigenvalue weighted by molar-refractivity contribution is 7.99. The zero-order valence-corrected chi connectivity index (χ0v) is 11.9. The Kier molecular flexibility index (Phi) is 4.80. The molecule has 0 radical (unpaired) electrons. The SMILES string of the molecule is C#CCSc1ccccc1C=Cc1n[nH]c(=O)cc1C. The van der Waals surface area contributed by atoms with Crippen LogP contribution in [-0.4, -0.2) is 16.0 Å². The maximum atomic E-state index is 11.1. The molecule has 0 aliphatic rings. The second-order valence-corrected chi connectivity index (χ2v) is 5.18. The second kappa shape index (κ2) is 6.78. The van der Waals surface area contributed by atoms with Crippen LogP contribution in [-0.2, 0) is 0 Å².